The number of carboxylic acids is 1. The fraction of sp³-hybridized carbons (Fsp3) is 0.273. The van der Waals surface area contributed by atoms with Gasteiger partial charge in [0.2, 0.25) is 0 Å². The van der Waals surface area contributed by atoms with E-state index in [1.165, 1.54) is 0 Å². The predicted octanol–water partition coefficient (Wildman–Crippen LogP) is 1.12. The summed E-state index contributed by atoms with van der Waals surface area (Å²) in [5.41, 5.74) is 6.97. The number of hydrogen-bond acceptors (Lipinski definition) is 4. The van der Waals surface area contributed by atoms with Gasteiger partial charge in [0.15, 0.2) is 5.58 Å². The van der Waals surface area contributed by atoms with E-state index in [1.54, 1.807) is 12.1 Å². The van der Waals surface area contributed by atoms with Crippen LogP contribution in [0.4, 0.5) is 0 Å². The molecule has 7 heteroatoms. The van der Waals surface area contributed by atoms with Crippen molar-refractivity contribution in [2.45, 2.75) is 18.9 Å². The van der Waals surface area contributed by atoms with Crippen molar-refractivity contribution in [1.29, 1.82) is 0 Å². The van der Waals surface area contributed by atoms with E-state index in [2.05, 4.69) is 4.98 Å². The van der Waals surface area contributed by atoms with Crippen LogP contribution >= 0.6 is 11.6 Å². The number of rotatable bonds is 4. The number of nitrogens with two attached hydrogens (primary N) is 1. The van der Waals surface area contributed by atoms with Gasteiger partial charge in [-0.1, -0.05) is 11.6 Å². The highest BCUT2D eigenvalue weighted by atomic mass is 35.5. The van der Waals surface area contributed by atoms with Crippen LogP contribution in [0.1, 0.15) is 12.0 Å². The normalized spacial score (nSPS) is 12.8. The average molecular weight is 271 g/mol. The molecule has 0 spiro atoms. The van der Waals surface area contributed by atoms with Crippen molar-refractivity contribution >= 4 is 28.7 Å². The fourth-order valence-electron chi connectivity index (χ4n) is 1.65. The summed E-state index contributed by atoms with van der Waals surface area (Å²) >= 11 is 5.98. The highest BCUT2D eigenvalue weighted by molar-refractivity contribution is 6.34. The van der Waals surface area contributed by atoms with Gasteiger partial charge in [0, 0.05) is 0 Å². The Kier molecular flexibility index (Phi) is 3.40. The van der Waals surface area contributed by atoms with Gasteiger partial charge in [0.25, 0.3) is 0 Å². The Morgan fingerprint density at radius 1 is 1.56 bits per heavy atom. The summed E-state index contributed by atoms with van der Waals surface area (Å²) in [7, 11) is 0. The molecule has 4 N–H and O–H groups in total. The highest BCUT2D eigenvalue weighted by Gasteiger charge is 2.13. The number of aryl methyl sites for hydroxylation is 1. The van der Waals surface area contributed by atoms with Crippen LogP contribution < -0.4 is 11.5 Å². The van der Waals surface area contributed by atoms with Gasteiger partial charge in [-0.2, -0.15) is 0 Å². The largest absolute Gasteiger partial charge is 0.480 e. The van der Waals surface area contributed by atoms with E-state index in [9.17, 15) is 9.59 Å². The third kappa shape index (κ3) is 2.55. The van der Waals surface area contributed by atoms with Crippen molar-refractivity contribution in [2.24, 2.45) is 5.73 Å². The quantitative estimate of drug-likeness (QED) is 0.771. The van der Waals surface area contributed by atoms with Crippen molar-refractivity contribution in [2.75, 3.05) is 0 Å². The second-order valence-corrected chi connectivity index (χ2v) is 4.36. The summed E-state index contributed by atoms with van der Waals surface area (Å²) in [6.07, 6.45) is 0.726. The summed E-state index contributed by atoms with van der Waals surface area (Å²) in [6.45, 7) is 0. The number of halogens is 1. The topological polar surface area (TPSA) is 109 Å². The SMILES string of the molecule is N[C@H](CCc1cc(Cl)c2[nH]c(=O)oc2c1)C(=O)O. The number of aromatic amines is 1. The van der Waals surface area contributed by atoms with Crippen molar-refractivity contribution in [3.63, 3.8) is 0 Å². The minimum absolute atomic E-state index is 0.284. The Balaban J connectivity index is 2.24. The zero-order valence-electron chi connectivity index (χ0n) is 9.27. The number of nitrogens with one attached hydrogen (secondary N) is 1. The zero-order chi connectivity index (χ0) is 13.3. The second-order valence-electron chi connectivity index (χ2n) is 3.95. The Morgan fingerprint density at radius 2 is 2.28 bits per heavy atom. The van der Waals surface area contributed by atoms with Gasteiger partial charge in [0.05, 0.1) is 5.02 Å². The van der Waals surface area contributed by atoms with Gasteiger partial charge >= 0.3 is 11.7 Å². The van der Waals surface area contributed by atoms with Crippen LogP contribution in [0.3, 0.4) is 0 Å². The number of carboxylic acid groups (broad SMARTS) is 1. The first-order valence-electron chi connectivity index (χ1n) is 5.27. The van der Waals surface area contributed by atoms with Gasteiger partial charge in [0.1, 0.15) is 11.6 Å². The molecule has 0 aliphatic rings. The van der Waals surface area contributed by atoms with Gasteiger partial charge in [-0.05, 0) is 30.5 Å². The third-order valence-electron chi connectivity index (χ3n) is 2.60. The van der Waals surface area contributed by atoms with Gasteiger partial charge < -0.3 is 15.3 Å². The number of oxazole rings is 1. The number of carbonyl (C=O) groups is 1. The van der Waals surface area contributed by atoms with E-state index in [-0.39, 0.29) is 6.42 Å². The molecule has 1 aromatic carbocycles. The fourth-order valence-corrected chi connectivity index (χ4v) is 1.93. The second kappa shape index (κ2) is 4.83. The first kappa shape index (κ1) is 12.7. The number of fused-ring (bicyclic) bond motifs is 1. The minimum Gasteiger partial charge on any atom is -0.480 e. The van der Waals surface area contributed by atoms with Gasteiger partial charge in [-0.3, -0.25) is 9.78 Å². The van der Waals surface area contributed by atoms with Crippen LogP contribution in [-0.2, 0) is 11.2 Å². The first-order chi connectivity index (χ1) is 8.47. The number of benzene rings is 1. The Hall–Kier alpha value is -1.79. The number of aliphatic carboxylic acids is 1. The Bertz CT molecular complexity index is 646. The molecule has 96 valence electrons. The Labute approximate surface area is 106 Å². The van der Waals surface area contributed by atoms with Crippen molar-refractivity contribution in [1.82, 2.24) is 4.98 Å². The lowest BCUT2D eigenvalue weighted by Gasteiger charge is -2.06. The van der Waals surface area contributed by atoms with E-state index in [0.29, 0.717) is 22.5 Å². The van der Waals surface area contributed by atoms with Gasteiger partial charge in [-0.15, -0.1) is 0 Å². The molecule has 6 nitrogen and oxygen atoms in total. The molecule has 1 atom stereocenters. The van der Waals surface area contributed by atoms with Crippen LogP contribution in [0, 0.1) is 0 Å². The predicted molar refractivity (Wildman–Crippen MR) is 65.8 cm³/mol. The summed E-state index contributed by atoms with van der Waals surface area (Å²) in [6, 6.07) is 2.38. The first-order valence-corrected chi connectivity index (χ1v) is 5.65. The lowest BCUT2D eigenvalue weighted by Crippen LogP contribution is -2.30. The minimum atomic E-state index is -1.05. The van der Waals surface area contributed by atoms with Gasteiger partial charge in [-0.25, -0.2) is 4.79 Å². The van der Waals surface area contributed by atoms with E-state index in [0.717, 1.165) is 5.56 Å². The van der Waals surface area contributed by atoms with E-state index in [4.69, 9.17) is 26.9 Å². The van der Waals surface area contributed by atoms with Crippen molar-refractivity contribution in [3.05, 3.63) is 33.3 Å². The molecule has 0 fully saturated rings. The molecule has 0 unspecified atom stereocenters. The molecular formula is C11H11ClN2O4. The number of H-pyrrole nitrogens is 1. The maximum atomic E-state index is 11.0. The molecule has 1 aromatic heterocycles. The number of aromatic nitrogens is 1. The summed E-state index contributed by atoms with van der Waals surface area (Å²) in [5, 5.41) is 9.03. The van der Waals surface area contributed by atoms with E-state index in [1.807, 2.05) is 0 Å². The Morgan fingerprint density at radius 3 is 2.94 bits per heavy atom. The maximum absolute atomic E-state index is 11.0. The molecule has 0 aliphatic heterocycles. The molecule has 0 saturated carbocycles. The molecule has 2 aromatic rings. The standard InChI is InChI=1S/C11H11ClN2O4/c12-6-3-5(1-2-7(13)10(15)16)4-8-9(6)14-11(17)18-8/h3-4,7H,1-2,13H2,(H,14,17)(H,15,16)/t7-/m1/s1. The van der Waals surface area contributed by atoms with Crippen molar-refractivity contribution in [3.8, 4) is 0 Å². The summed E-state index contributed by atoms with van der Waals surface area (Å²) in [4.78, 5) is 24.1. The van der Waals surface area contributed by atoms with Crippen LogP contribution in [0.5, 0.6) is 0 Å². The van der Waals surface area contributed by atoms with Crippen LogP contribution in [-0.4, -0.2) is 22.1 Å². The molecule has 1 heterocycles. The molecule has 0 aliphatic carbocycles. The summed E-state index contributed by atoms with van der Waals surface area (Å²) < 4.78 is 4.90. The average Bonchev–Trinajstić information content (AvgIpc) is 2.67. The molecule has 18 heavy (non-hydrogen) atoms. The molecule has 0 amide bonds. The summed E-state index contributed by atoms with van der Waals surface area (Å²) in [5.74, 6) is -1.62. The maximum Gasteiger partial charge on any atom is 0.417 e. The highest BCUT2D eigenvalue weighted by Crippen LogP contribution is 2.23. The van der Waals surface area contributed by atoms with Crippen molar-refractivity contribution < 1.29 is 14.3 Å². The molecular weight excluding hydrogens is 260 g/mol. The lowest BCUT2D eigenvalue weighted by molar-refractivity contribution is -0.138. The van der Waals surface area contributed by atoms with Crippen LogP contribution in [0.15, 0.2) is 21.3 Å². The van der Waals surface area contributed by atoms with E-state index >= 15 is 0 Å². The lowest BCUT2D eigenvalue weighted by atomic mass is 10.1. The monoisotopic (exact) mass is 270 g/mol. The molecule has 0 radical (unpaired) electrons. The van der Waals surface area contributed by atoms with Crippen LogP contribution in [0.25, 0.3) is 11.1 Å². The van der Waals surface area contributed by atoms with Crippen LogP contribution in [0.2, 0.25) is 5.02 Å². The zero-order valence-corrected chi connectivity index (χ0v) is 10.0. The van der Waals surface area contributed by atoms with E-state index < -0.39 is 17.8 Å². The molecule has 2 rings (SSSR count). The third-order valence-corrected chi connectivity index (χ3v) is 2.90. The number of hydrogen-bond donors (Lipinski definition) is 3. The smallest absolute Gasteiger partial charge is 0.417 e. The molecule has 0 saturated heterocycles. The molecule has 0 bridgehead atoms.